The van der Waals surface area contributed by atoms with Crippen molar-refractivity contribution in [1.82, 2.24) is 20.0 Å². The van der Waals surface area contributed by atoms with E-state index >= 15 is 0 Å². The second kappa shape index (κ2) is 6.23. The third-order valence-corrected chi connectivity index (χ3v) is 4.92. The van der Waals surface area contributed by atoms with Crippen molar-refractivity contribution in [1.29, 1.82) is 0 Å². The van der Waals surface area contributed by atoms with Gasteiger partial charge in [-0.25, -0.2) is 4.98 Å². The normalized spacial score (nSPS) is 17.7. The number of nitrogens with zero attached hydrogens (tertiary/aromatic N) is 4. The summed E-state index contributed by atoms with van der Waals surface area (Å²) < 4.78 is 5.38. The van der Waals surface area contributed by atoms with E-state index in [1.807, 2.05) is 0 Å². The summed E-state index contributed by atoms with van der Waals surface area (Å²) in [5, 5.41) is 7.03. The van der Waals surface area contributed by atoms with Crippen LogP contribution in [0.3, 0.4) is 0 Å². The SMILES string of the molecule is CC(C)c1csc(-c2nc(CC3CCN(C)CC3)no2)n1. The highest BCUT2D eigenvalue weighted by atomic mass is 32.1. The molecule has 0 spiro atoms. The van der Waals surface area contributed by atoms with Crippen molar-refractivity contribution in [3.8, 4) is 10.9 Å². The average Bonchev–Trinajstić information content (AvgIpc) is 3.10. The van der Waals surface area contributed by atoms with Crippen LogP contribution in [0.25, 0.3) is 10.9 Å². The van der Waals surface area contributed by atoms with E-state index in [4.69, 9.17) is 4.52 Å². The number of thiazole rings is 1. The van der Waals surface area contributed by atoms with Gasteiger partial charge in [0, 0.05) is 11.8 Å². The van der Waals surface area contributed by atoms with E-state index in [1.54, 1.807) is 11.3 Å². The molecule has 114 valence electrons. The van der Waals surface area contributed by atoms with Crippen molar-refractivity contribution in [3.05, 3.63) is 16.9 Å². The van der Waals surface area contributed by atoms with Crippen molar-refractivity contribution >= 4 is 11.3 Å². The van der Waals surface area contributed by atoms with Crippen LogP contribution < -0.4 is 0 Å². The van der Waals surface area contributed by atoms with E-state index < -0.39 is 0 Å². The second-order valence-corrected chi connectivity index (χ2v) is 7.06. The summed E-state index contributed by atoms with van der Waals surface area (Å²) in [5.41, 5.74) is 1.09. The molecule has 0 atom stereocenters. The molecule has 1 fully saturated rings. The molecule has 1 aliphatic heterocycles. The molecule has 3 heterocycles. The van der Waals surface area contributed by atoms with E-state index in [9.17, 15) is 0 Å². The van der Waals surface area contributed by atoms with Crippen LogP contribution in [0.5, 0.6) is 0 Å². The fourth-order valence-corrected chi connectivity index (χ4v) is 3.50. The summed E-state index contributed by atoms with van der Waals surface area (Å²) in [4.78, 5) is 11.5. The van der Waals surface area contributed by atoms with Crippen molar-refractivity contribution in [2.45, 2.75) is 39.0 Å². The highest BCUT2D eigenvalue weighted by Crippen LogP contribution is 2.26. The predicted molar refractivity (Wildman–Crippen MR) is 83.4 cm³/mol. The number of hydrogen-bond donors (Lipinski definition) is 0. The molecule has 2 aromatic rings. The van der Waals surface area contributed by atoms with Crippen LogP contribution in [0.15, 0.2) is 9.90 Å². The molecular weight excluding hydrogens is 284 g/mol. The fourth-order valence-electron chi connectivity index (χ4n) is 2.60. The van der Waals surface area contributed by atoms with Crippen LogP contribution in [-0.2, 0) is 6.42 Å². The summed E-state index contributed by atoms with van der Waals surface area (Å²) in [6, 6.07) is 0. The monoisotopic (exact) mass is 306 g/mol. The fraction of sp³-hybridized carbons (Fsp3) is 0.667. The molecule has 0 radical (unpaired) electrons. The maximum absolute atomic E-state index is 5.38. The third kappa shape index (κ3) is 3.49. The Balaban J connectivity index is 1.65. The van der Waals surface area contributed by atoms with Crippen molar-refractivity contribution in [2.24, 2.45) is 5.92 Å². The first kappa shape index (κ1) is 14.7. The Bertz CT molecular complexity index is 584. The summed E-state index contributed by atoms with van der Waals surface area (Å²) in [6.07, 6.45) is 3.35. The highest BCUT2D eigenvalue weighted by molar-refractivity contribution is 7.13. The molecule has 0 N–H and O–H groups in total. The smallest absolute Gasteiger partial charge is 0.286 e. The van der Waals surface area contributed by atoms with E-state index in [0.717, 1.165) is 22.9 Å². The van der Waals surface area contributed by atoms with Gasteiger partial charge in [-0.15, -0.1) is 11.3 Å². The van der Waals surface area contributed by atoms with Gasteiger partial charge in [-0.1, -0.05) is 19.0 Å². The standard InChI is InChI=1S/C15H22N4OS/c1-10(2)12-9-21-15(16-12)14-17-13(18-20-14)8-11-4-6-19(3)7-5-11/h9-11H,4-8H2,1-3H3. The van der Waals surface area contributed by atoms with E-state index in [-0.39, 0.29) is 0 Å². The van der Waals surface area contributed by atoms with E-state index in [0.29, 0.717) is 17.7 Å². The molecule has 0 saturated carbocycles. The Labute approximate surface area is 129 Å². The van der Waals surface area contributed by atoms with Crippen molar-refractivity contribution in [2.75, 3.05) is 20.1 Å². The molecule has 5 nitrogen and oxygen atoms in total. The zero-order valence-corrected chi connectivity index (χ0v) is 13.7. The predicted octanol–water partition coefficient (Wildman–Crippen LogP) is 3.20. The molecule has 1 aliphatic rings. The lowest BCUT2D eigenvalue weighted by atomic mass is 9.94. The first-order valence-corrected chi connectivity index (χ1v) is 8.46. The Morgan fingerprint density at radius 3 is 2.76 bits per heavy atom. The topological polar surface area (TPSA) is 55.1 Å². The third-order valence-electron chi connectivity index (χ3n) is 4.07. The minimum atomic E-state index is 0.427. The van der Waals surface area contributed by atoms with Gasteiger partial charge in [-0.3, -0.25) is 0 Å². The van der Waals surface area contributed by atoms with Gasteiger partial charge in [0.2, 0.25) is 0 Å². The number of piperidine rings is 1. The van der Waals surface area contributed by atoms with Crippen LogP contribution in [0, 0.1) is 5.92 Å². The van der Waals surface area contributed by atoms with Gasteiger partial charge < -0.3 is 9.42 Å². The maximum atomic E-state index is 5.38. The molecular formula is C15H22N4OS. The number of rotatable bonds is 4. The molecule has 0 aliphatic carbocycles. The number of likely N-dealkylation sites (tertiary alicyclic amines) is 1. The zero-order valence-electron chi connectivity index (χ0n) is 12.9. The lowest BCUT2D eigenvalue weighted by Crippen LogP contribution is -2.31. The van der Waals surface area contributed by atoms with Crippen molar-refractivity contribution in [3.63, 3.8) is 0 Å². The molecule has 21 heavy (non-hydrogen) atoms. The first-order valence-electron chi connectivity index (χ1n) is 7.58. The molecule has 0 unspecified atom stereocenters. The summed E-state index contributed by atoms with van der Waals surface area (Å²) >= 11 is 1.58. The summed E-state index contributed by atoms with van der Waals surface area (Å²) in [5.74, 6) is 2.49. The summed E-state index contributed by atoms with van der Waals surface area (Å²) in [6.45, 7) is 6.61. The molecule has 1 saturated heterocycles. The van der Waals surface area contributed by atoms with Gasteiger partial charge in [-0.2, -0.15) is 4.98 Å². The van der Waals surface area contributed by atoms with Crippen LogP contribution in [0.4, 0.5) is 0 Å². The quantitative estimate of drug-likeness (QED) is 0.868. The Kier molecular flexibility index (Phi) is 4.35. The molecule has 0 aromatic carbocycles. The summed E-state index contributed by atoms with van der Waals surface area (Å²) in [7, 11) is 2.18. The van der Waals surface area contributed by atoms with Crippen LogP contribution >= 0.6 is 11.3 Å². The Morgan fingerprint density at radius 2 is 2.10 bits per heavy atom. The van der Waals surface area contributed by atoms with Crippen LogP contribution in [0.2, 0.25) is 0 Å². The van der Waals surface area contributed by atoms with Gasteiger partial charge >= 0.3 is 0 Å². The zero-order chi connectivity index (χ0) is 14.8. The molecule has 0 amide bonds. The lowest BCUT2D eigenvalue weighted by molar-refractivity contribution is 0.216. The second-order valence-electron chi connectivity index (χ2n) is 6.20. The van der Waals surface area contributed by atoms with Gasteiger partial charge in [0.1, 0.15) is 0 Å². The first-order chi connectivity index (χ1) is 10.1. The largest absolute Gasteiger partial charge is 0.331 e. The minimum Gasteiger partial charge on any atom is -0.331 e. The molecule has 3 rings (SSSR count). The Hall–Kier alpha value is -1.27. The van der Waals surface area contributed by atoms with Gasteiger partial charge in [0.15, 0.2) is 10.8 Å². The molecule has 2 aromatic heterocycles. The van der Waals surface area contributed by atoms with E-state index in [2.05, 4.69) is 46.3 Å². The van der Waals surface area contributed by atoms with Crippen molar-refractivity contribution < 1.29 is 4.52 Å². The molecule has 0 bridgehead atoms. The van der Waals surface area contributed by atoms with E-state index in [1.165, 1.54) is 25.9 Å². The van der Waals surface area contributed by atoms with Gasteiger partial charge in [-0.05, 0) is 44.8 Å². The van der Waals surface area contributed by atoms with Gasteiger partial charge in [0.25, 0.3) is 5.89 Å². The number of aromatic nitrogens is 3. The highest BCUT2D eigenvalue weighted by Gasteiger charge is 2.20. The average molecular weight is 306 g/mol. The van der Waals surface area contributed by atoms with Crippen LogP contribution in [-0.4, -0.2) is 40.2 Å². The number of hydrogen-bond acceptors (Lipinski definition) is 6. The maximum Gasteiger partial charge on any atom is 0.286 e. The lowest BCUT2D eigenvalue weighted by Gasteiger charge is -2.27. The Morgan fingerprint density at radius 1 is 1.33 bits per heavy atom. The molecule has 6 heteroatoms. The minimum absolute atomic E-state index is 0.427. The van der Waals surface area contributed by atoms with Gasteiger partial charge in [0.05, 0.1) is 5.69 Å². The van der Waals surface area contributed by atoms with Crippen LogP contribution in [0.1, 0.15) is 44.1 Å².